The predicted molar refractivity (Wildman–Crippen MR) is 81.2 cm³/mol. The van der Waals surface area contributed by atoms with Crippen molar-refractivity contribution in [3.8, 4) is 0 Å². The normalized spacial score (nSPS) is 22.2. The van der Waals surface area contributed by atoms with Crippen LogP contribution in [0.2, 0.25) is 0 Å². The maximum atomic E-state index is 4.57. The van der Waals surface area contributed by atoms with Crippen molar-refractivity contribution in [1.82, 2.24) is 10.3 Å². The molecular weight excluding hydrogens is 232 g/mol. The molecule has 1 saturated carbocycles. The van der Waals surface area contributed by atoms with Crippen molar-refractivity contribution in [3.05, 3.63) is 29.6 Å². The van der Waals surface area contributed by atoms with E-state index in [-0.39, 0.29) is 0 Å². The number of nitrogens with zero attached hydrogens (tertiary/aromatic N) is 1. The van der Waals surface area contributed by atoms with Gasteiger partial charge in [-0.1, -0.05) is 40.7 Å². The molecule has 106 valence electrons. The first-order chi connectivity index (χ1) is 8.82. The second kappa shape index (κ2) is 4.90. The molecule has 1 unspecified atom stereocenters. The molecule has 0 amide bonds. The van der Waals surface area contributed by atoms with Crippen LogP contribution in [0, 0.1) is 23.7 Å². The van der Waals surface area contributed by atoms with Crippen LogP contribution in [0.4, 0.5) is 0 Å². The molecule has 1 aromatic heterocycles. The predicted octanol–water partition coefficient (Wildman–Crippen LogP) is 3.59. The molecule has 1 aliphatic carbocycles. The number of hydrogen-bond donors (Lipinski definition) is 1. The molecule has 1 N–H and O–H groups in total. The van der Waals surface area contributed by atoms with Gasteiger partial charge < -0.3 is 5.32 Å². The molecule has 1 heterocycles. The SMILES string of the molecule is CCNC(Cc1ncccc1C)C1C(C)(C)C1(C)C. The summed E-state index contributed by atoms with van der Waals surface area (Å²) in [5, 5.41) is 3.69. The minimum atomic E-state index is 0.419. The molecule has 0 saturated heterocycles. The van der Waals surface area contributed by atoms with Crippen LogP contribution in [0.15, 0.2) is 18.3 Å². The zero-order chi connectivity index (χ0) is 14.3. The lowest BCUT2D eigenvalue weighted by molar-refractivity contribution is 0.400. The summed E-state index contributed by atoms with van der Waals surface area (Å²) in [5.41, 5.74) is 3.39. The zero-order valence-electron chi connectivity index (χ0n) is 13.2. The van der Waals surface area contributed by atoms with Gasteiger partial charge in [0.25, 0.3) is 0 Å². The van der Waals surface area contributed by atoms with Crippen molar-refractivity contribution in [2.24, 2.45) is 16.7 Å². The smallest absolute Gasteiger partial charge is 0.0448 e. The van der Waals surface area contributed by atoms with Gasteiger partial charge in [0, 0.05) is 24.4 Å². The average molecular weight is 260 g/mol. The van der Waals surface area contributed by atoms with Gasteiger partial charge in [0.15, 0.2) is 0 Å². The summed E-state index contributed by atoms with van der Waals surface area (Å²) in [4.78, 5) is 4.57. The third-order valence-electron chi connectivity index (χ3n) is 5.53. The van der Waals surface area contributed by atoms with Crippen LogP contribution in [0.5, 0.6) is 0 Å². The highest BCUT2D eigenvalue weighted by Gasteiger charge is 2.66. The van der Waals surface area contributed by atoms with Crippen molar-refractivity contribution in [2.75, 3.05) is 6.54 Å². The molecule has 0 radical (unpaired) electrons. The Hall–Kier alpha value is -0.890. The van der Waals surface area contributed by atoms with E-state index < -0.39 is 0 Å². The average Bonchev–Trinajstić information content (AvgIpc) is 2.72. The van der Waals surface area contributed by atoms with Gasteiger partial charge in [-0.15, -0.1) is 0 Å². The summed E-state index contributed by atoms with van der Waals surface area (Å²) in [5.74, 6) is 0.723. The lowest BCUT2D eigenvalue weighted by Crippen LogP contribution is -2.35. The van der Waals surface area contributed by atoms with Crippen molar-refractivity contribution in [2.45, 2.75) is 54.0 Å². The van der Waals surface area contributed by atoms with E-state index in [0.717, 1.165) is 18.9 Å². The van der Waals surface area contributed by atoms with Crippen LogP contribution in [0.25, 0.3) is 0 Å². The van der Waals surface area contributed by atoms with Crippen LogP contribution < -0.4 is 5.32 Å². The summed E-state index contributed by atoms with van der Waals surface area (Å²) in [7, 11) is 0. The maximum absolute atomic E-state index is 4.57. The number of rotatable bonds is 5. The first kappa shape index (κ1) is 14.5. The number of likely N-dealkylation sites (N-methyl/N-ethyl adjacent to an activating group) is 1. The van der Waals surface area contributed by atoms with E-state index in [9.17, 15) is 0 Å². The van der Waals surface area contributed by atoms with Gasteiger partial charge in [0.1, 0.15) is 0 Å². The molecule has 1 aromatic rings. The van der Waals surface area contributed by atoms with Gasteiger partial charge in [-0.25, -0.2) is 0 Å². The minimum absolute atomic E-state index is 0.419. The molecule has 0 aliphatic heterocycles. The Morgan fingerprint density at radius 2 is 1.89 bits per heavy atom. The summed E-state index contributed by atoms with van der Waals surface area (Å²) >= 11 is 0. The first-order valence-corrected chi connectivity index (χ1v) is 7.46. The van der Waals surface area contributed by atoms with E-state index in [1.807, 2.05) is 12.3 Å². The highest BCUT2D eigenvalue weighted by molar-refractivity contribution is 5.22. The van der Waals surface area contributed by atoms with Crippen molar-refractivity contribution in [1.29, 1.82) is 0 Å². The molecule has 2 rings (SSSR count). The van der Waals surface area contributed by atoms with Crippen LogP contribution in [-0.2, 0) is 6.42 Å². The topological polar surface area (TPSA) is 24.9 Å². The van der Waals surface area contributed by atoms with E-state index >= 15 is 0 Å². The van der Waals surface area contributed by atoms with Crippen LogP contribution >= 0.6 is 0 Å². The highest BCUT2D eigenvalue weighted by Crippen LogP contribution is 2.69. The minimum Gasteiger partial charge on any atom is -0.314 e. The number of pyridine rings is 1. The second-order valence-electron chi connectivity index (χ2n) is 7.06. The standard InChI is InChI=1S/C17H28N2/c1-7-18-14(15-16(3,4)17(15,5)6)11-13-12(2)9-8-10-19-13/h8-10,14-15,18H,7,11H2,1-6H3. The fraction of sp³-hybridized carbons (Fsp3) is 0.706. The maximum Gasteiger partial charge on any atom is 0.0448 e. The summed E-state index contributed by atoms with van der Waals surface area (Å²) in [6.45, 7) is 15.0. The van der Waals surface area contributed by atoms with Gasteiger partial charge in [-0.3, -0.25) is 4.98 Å². The van der Waals surface area contributed by atoms with Crippen LogP contribution in [0.1, 0.15) is 45.9 Å². The quantitative estimate of drug-likeness (QED) is 0.875. The molecule has 0 aromatic carbocycles. The van der Waals surface area contributed by atoms with Gasteiger partial charge >= 0.3 is 0 Å². The van der Waals surface area contributed by atoms with E-state index in [1.54, 1.807) is 0 Å². The van der Waals surface area contributed by atoms with E-state index in [2.05, 4.69) is 57.9 Å². The molecule has 1 atom stereocenters. The Bertz CT molecular complexity index is 434. The Morgan fingerprint density at radius 1 is 1.26 bits per heavy atom. The van der Waals surface area contributed by atoms with Crippen LogP contribution in [0.3, 0.4) is 0 Å². The third kappa shape index (κ3) is 2.43. The van der Waals surface area contributed by atoms with E-state index in [1.165, 1.54) is 11.3 Å². The number of aromatic nitrogens is 1. The fourth-order valence-corrected chi connectivity index (χ4v) is 3.76. The number of nitrogens with one attached hydrogen (secondary N) is 1. The lowest BCUT2D eigenvalue weighted by atomic mass is 9.97. The molecule has 0 bridgehead atoms. The first-order valence-electron chi connectivity index (χ1n) is 7.46. The molecule has 19 heavy (non-hydrogen) atoms. The molecule has 1 fully saturated rings. The zero-order valence-corrected chi connectivity index (χ0v) is 13.2. The molecule has 0 spiro atoms. The molecule has 2 nitrogen and oxygen atoms in total. The van der Waals surface area contributed by atoms with E-state index in [0.29, 0.717) is 16.9 Å². The monoisotopic (exact) mass is 260 g/mol. The molecular formula is C17H28N2. The Morgan fingerprint density at radius 3 is 2.37 bits per heavy atom. The fourth-order valence-electron chi connectivity index (χ4n) is 3.76. The highest BCUT2D eigenvalue weighted by atomic mass is 15.0. The van der Waals surface area contributed by atoms with Gasteiger partial charge in [-0.2, -0.15) is 0 Å². The van der Waals surface area contributed by atoms with Crippen molar-refractivity contribution < 1.29 is 0 Å². The van der Waals surface area contributed by atoms with Crippen molar-refractivity contribution >= 4 is 0 Å². The number of aryl methyl sites for hydroxylation is 1. The summed E-state index contributed by atoms with van der Waals surface area (Å²) in [6, 6.07) is 4.71. The van der Waals surface area contributed by atoms with Crippen molar-refractivity contribution in [3.63, 3.8) is 0 Å². The molecule has 2 heteroatoms. The Kier molecular flexibility index (Phi) is 3.74. The van der Waals surface area contributed by atoms with Crippen LogP contribution in [-0.4, -0.2) is 17.6 Å². The van der Waals surface area contributed by atoms with Gasteiger partial charge in [0.05, 0.1) is 0 Å². The van der Waals surface area contributed by atoms with Gasteiger partial charge in [0.2, 0.25) is 0 Å². The molecule has 1 aliphatic rings. The Balaban J connectivity index is 2.17. The second-order valence-corrected chi connectivity index (χ2v) is 7.06. The lowest BCUT2D eigenvalue weighted by Gasteiger charge is -2.20. The number of hydrogen-bond acceptors (Lipinski definition) is 2. The largest absolute Gasteiger partial charge is 0.314 e. The van der Waals surface area contributed by atoms with E-state index in [4.69, 9.17) is 0 Å². The summed E-state index contributed by atoms with van der Waals surface area (Å²) < 4.78 is 0. The summed E-state index contributed by atoms with van der Waals surface area (Å²) in [6.07, 6.45) is 2.95. The Labute approximate surface area is 118 Å². The van der Waals surface area contributed by atoms with Gasteiger partial charge in [-0.05, 0) is 41.8 Å². The third-order valence-corrected chi connectivity index (χ3v) is 5.53.